The van der Waals surface area contributed by atoms with Crippen LogP contribution in [0.25, 0.3) is 0 Å². The molecule has 4 nitrogen and oxygen atoms in total. The van der Waals surface area contributed by atoms with Crippen molar-refractivity contribution < 1.29 is 19.1 Å². The van der Waals surface area contributed by atoms with Crippen molar-refractivity contribution in [3.63, 3.8) is 0 Å². The third-order valence-corrected chi connectivity index (χ3v) is 15.6. The van der Waals surface area contributed by atoms with Crippen LogP contribution < -0.4 is 0 Å². The summed E-state index contributed by atoms with van der Waals surface area (Å²) in [7, 11) is -3.83. The Kier molecular flexibility index (Phi) is 7.73. The van der Waals surface area contributed by atoms with Crippen LogP contribution in [0, 0.1) is 5.92 Å². The van der Waals surface area contributed by atoms with Crippen molar-refractivity contribution >= 4 is 16.6 Å². The molecular weight excluding hydrogens is 336 g/mol. The lowest BCUT2D eigenvalue weighted by atomic mass is 10.1. The molecule has 0 bridgehead atoms. The quantitative estimate of drug-likeness (QED) is 0.625. The number of aliphatic hydroxyl groups is 2. The predicted molar refractivity (Wildman–Crippen MR) is 105 cm³/mol. The first-order valence-corrected chi connectivity index (χ1v) is 15.0. The average molecular weight is 377 g/mol. The van der Waals surface area contributed by atoms with Gasteiger partial charge in [-0.3, -0.25) is 0 Å². The Morgan fingerprint density at radius 1 is 0.958 bits per heavy atom. The van der Waals surface area contributed by atoms with E-state index in [4.69, 9.17) is 8.85 Å². The van der Waals surface area contributed by atoms with Crippen LogP contribution in [0.4, 0.5) is 0 Å². The van der Waals surface area contributed by atoms with Gasteiger partial charge in [-0.25, -0.2) is 0 Å². The molecule has 4 atom stereocenters. The monoisotopic (exact) mass is 376 g/mol. The normalized spacial score (nSPS) is 29.2. The van der Waals surface area contributed by atoms with E-state index >= 15 is 0 Å². The first-order valence-electron chi connectivity index (χ1n) is 9.61. The molecule has 0 radical (unpaired) electrons. The van der Waals surface area contributed by atoms with Crippen LogP contribution in [0.2, 0.25) is 36.3 Å². The maximum Gasteiger partial charge on any atom is 0.192 e. The Hall–Kier alpha value is 0.274. The number of hydrogen-bond donors (Lipinski definition) is 2. The Morgan fingerprint density at radius 2 is 1.46 bits per heavy atom. The van der Waals surface area contributed by atoms with Crippen molar-refractivity contribution in [2.45, 2.75) is 103 Å². The SMILES string of the molecule is CC[Si](CC)(CC)O[C@H]1[C@@H](CO)C[C@@H](O)[C@@H]1O[Si](C)(C)C(C)(C)C. The molecule has 0 aromatic rings. The minimum absolute atomic E-state index is 0.0220. The Balaban J connectivity index is 3.07. The highest BCUT2D eigenvalue weighted by Crippen LogP contribution is 2.42. The second kappa shape index (κ2) is 8.31. The molecule has 0 heterocycles. The van der Waals surface area contributed by atoms with E-state index in [1.807, 2.05) is 0 Å². The van der Waals surface area contributed by atoms with Crippen molar-refractivity contribution in [2.75, 3.05) is 6.61 Å². The molecule has 0 spiro atoms. The molecule has 0 amide bonds. The van der Waals surface area contributed by atoms with E-state index in [2.05, 4.69) is 54.6 Å². The van der Waals surface area contributed by atoms with Crippen LogP contribution >= 0.6 is 0 Å². The summed E-state index contributed by atoms with van der Waals surface area (Å²) in [5.41, 5.74) is 0. The van der Waals surface area contributed by atoms with Crippen LogP contribution in [-0.2, 0) is 8.85 Å². The molecule has 1 rings (SSSR count). The standard InChI is InChI=1S/C18H40O4Si2/c1-9-24(10-2,11-3)22-16-14(13-19)12-15(20)17(16)21-23(7,8)18(4,5)6/h14-17,19-20H,9-13H2,1-8H3/t14-,15-,16+,17+/m1/s1. The van der Waals surface area contributed by atoms with Gasteiger partial charge in [0.05, 0.1) is 18.3 Å². The third kappa shape index (κ3) is 4.71. The molecule has 0 unspecified atom stereocenters. The molecule has 0 aliphatic heterocycles. The summed E-state index contributed by atoms with van der Waals surface area (Å²) < 4.78 is 13.3. The van der Waals surface area contributed by atoms with Crippen LogP contribution in [0.3, 0.4) is 0 Å². The van der Waals surface area contributed by atoms with Gasteiger partial charge in [-0.2, -0.15) is 0 Å². The van der Waals surface area contributed by atoms with E-state index in [0.717, 1.165) is 18.1 Å². The van der Waals surface area contributed by atoms with Gasteiger partial charge in [-0.05, 0) is 42.7 Å². The maximum absolute atomic E-state index is 10.6. The number of rotatable bonds is 8. The van der Waals surface area contributed by atoms with E-state index in [1.165, 1.54) is 0 Å². The van der Waals surface area contributed by atoms with Crippen molar-refractivity contribution in [2.24, 2.45) is 5.92 Å². The van der Waals surface area contributed by atoms with Crippen molar-refractivity contribution in [1.29, 1.82) is 0 Å². The van der Waals surface area contributed by atoms with Gasteiger partial charge in [-0.1, -0.05) is 41.5 Å². The Bertz CT molecular complexity index is 383. The molecule has 144 valence electrons. The van der Waals surface area contributed by atoms with Gasteiger partial charge in [0.15, 0.2) is 16.6 Å². The summed E-state index contributed by atoms with van der Waals surface area (Å²) in [4.78, 5) is 0. The van der Waals surface area contributed by atoms with Gasteiger partial charge in [0.2, 0.25) is 0 Å². The zero-order valence-corrected chi connectivity index (χ0v) is 19.1. The van der Waals surface area contributed by atoms with Crippen molar-refractivity contribution in [3.05, 3.63) is 0 Å². The first-order chi connectivity index (χ1) is 11.0. The number of hydrogen-bond acceptors (Lipinski definition) is 4. The zero-order valence-electron chi connectivity index (χ0n) is 17.1. The minimum Gasteiger partial charge on any atom is -0.411 e. The molecule has 1 aliphatic rings. The second-order valence-electron chi connectivity index (χ2n) is 8.91. The highest BCUT2D eigenvalue weighted by Gasteiger charge is 2.51. The van der Waals surface area contributed by atoms with E-state index in [0.29, 0.717) is 6.42 Å². The molecule has 24 heavy (non-hydrogen) atoms. The van der Waals surface area contributed by atoms with Crippen molar-refractivity contribution in [3.8, 4) is 0 Å². The summed E-state index contributed by atoms with van der Waals surface area (Å²) in [6, 6.07) is 3.20. The summed E-state index contributed by atoms with van der Waals surface area (Å²) >= 11 is 0. The van der Waals surface area contributed by atoms with Crippen LogP contribution in [0.1, 0.15) is 48.0 Å². The highest BCUT2D eigenvalue weighted by atomic mass is 28.4. The highest BCUT2D eigenvalue weighted by molar-refractivity contribution is 6.74. The van der Waals surface area contributed by atoms with Gasteiger partial charge in [0.1, 0.15) is 0 Å². The van der Waals surface area contributed by atoms with Crippen LogP contribution in [-0.4, -0.2) is 51.8 Å². The first kappa shape index (κ1) is 22.3. The molecule has 2 N–H and O–H groups in total. The Labute approximate surface area is 151 Å². The van der Waals surface area contributed by atoms with Crippen molar-refractivity contribution in [1.82, 2.24) is 0 Å². The molecule has 0 saturated heterocycles. The van der Waals surface area contributed by atoms with Crippen LogP contribution in [0.5, 0.6) is 0 Å². The summed E-state index contributed by atoms with van der Waals surface area (Å²) in [6.07, 6.45) is -0.453. The van der Waals surface area contributed by atoms with E-state index < -0.39 is 22.7 Å². The third-order valence-electron chi connectivity index (χ3n) is 6.50. The molecular formula is C18H40O4Si2. The van der Waals surface area contributed by atoms with E-state index in [-0.39, 0.29) is 29.8 Å². The smallest absolute Gasteiger partial charge is 0.192 e. The van der Waals surface area contributed by atoms with E-state index in [1.54, 1.807) is 0 Å². The van der Waals surface area contributed by atoms with Gasteiger partial charge in [0, 0.05) is 12.5 Å². The Morgan fingerprint density at radius 3 is 1.83 bits per heavy atom. The summed E-state index contributed by atoms with van der Waals surface area (Å²) in [5.74, 6) is -0.0220. The largest absolute Gasteiger partial charge is 0.411 e. The molecule has 1 aliphatic carbocycles. The zero-order chi connectivity index (χ0) is 18.8. The van der Waals surface area contributed by atoms with Gasteiger partial charge < -0.3 is 19.1 Å². The lowest BCUT2D eigenvalue weighted by Gasteiger charge is -2.43. The number of aliphatic hydroxyl groups excluding tert-OH is 2. The average Bonchev–Trinajstić information content (AvgIpc) is 2.79. The fraction of sp³-hybridized carbons (Fsp3) is 1.00. The summed E-state index contributed by atoms with van der Waals surface area (Å²) in [6.45, 7) is 17.8. The molecule has 1 saturated carbocycles. The molecule has 0 aromatic carbocycles. The predicted octanol–water partition coefficient (Wildman–Crippen LogP) is 4.14. The van der Waals surface area contributed by atoms with Gasteiger partial charge in [0.25, 0.3) is 0 Å². The fourth-order valence-electron chi connectivity index (χ4n) is 3.36. The fourth-order valence-corrected chi connectivity index (χ4v) is 7.59. The second-order valence-corrected chi connectivity index (χ2v) is 18.4. The lowest BCUT2D eigenvalue weighted by molar-refractivity contribution is -0.0155. The minimum atomic E-state index is -2.01. The van der Waals surface area contributed by atoms with Gasteiger partial charge in [-0.15, -0.1) is 0 Å². The topological polar surface area (TPSA) is 58.9 Å². The molecule has 0 aromatic heterocycles. The lowest BCUT2D eigenvalue weighted by Crippen LogP contribution is -2.52. The van der Waals surface area contributed by atoms with E-state index in [9.17, 15) is 10.2 Å². The molecule has 6 heteroatoms. The van der Waals surface area contributed by atoms with Gasteiger partial charge >= 0.3 is 0 Å². The summed E-state index contributed by atoms with van der Waals surface area (Å²) in [5, 5.41) is 20.5. The maximum atomic E-state index is 10.6. The van der Waals surface area contributed by atoms with Crippen LogP contribution in [0.15, 0.2) is 0 Å². The molecule has 1 fully saturated rings.